The number of amides is 2. The number of benzene rings is 3. The molecule has 6 heteroatoms. The third kappa shape index (κ3) is 3.97. The minimum Gasteiger partial charge on any atom is -0.350 e. The van der Waals surface area contributed by atoms with Crippen molar-refractivity contribution in [3.8, 4) is 0 Å². The average Bonchev–Trinajstić information content (AvgIpc) is 2.97. The van der Waals surface area contributed by atoms with E-state index in [1.807, 2.05) is 39.0 Å². The topological polar surface area (TPSA) is 49.4 Å². The van der Waals surface area contributed by atoms with E-state index in [1.54, 1.807) is 42.5 Å². The van der Waals surface area contributed by atoms with E-state index in [0.717, 1.165) is 27.3 Å². The van der Waals surface area contributed by atoms with Gasteiger partial charge in [-0.15, -0.1) is 0 Å². The van der Waals surface area contributed by atoms with Gasteiger partial charge in [0.15, 0.2) is 0 Å². The largest absolute Gasteiger partial charge is 0.350 e. The van der Waals surface area contributed by atoms with Gasteiger partial charge in [-0.25, -0.2) is 4.90 Å². The summed E-state index contributed by atoms with van der Waals surface area (Å²) < 4.78 is 0. The Morgan fingerprint density at radius 2 is 1.48 bits per heavy atom. The molecule has 1 aliphatic rings. The van der Waals surface area contributed by atoms with Gasteiger partial charge in [0.2, 0.25) is 0 Å². The van der Waals surface area contributed by atoms with Crippen LogP contribution < -0.4 is 10.2 Å². The van der Waals surface area contributed by atoms with Gasteiger partial charge < -0.3 is 5.32 Å². The summed E-state index contributed by atoms with van der Waals surface area (Å²) in [5.74, 6) is -0.852. The summed E-state index contributed by atoms with van der Waals surface area (Å²) in [6, 6.07) is 17.9. The highest BCUT2D eigenvalue weighted by Crippen LogP contribution is 2.36. The predicted octanol–water partition coefficient (Wildman–Crippen LogP) is 6.32. The van der Waals surface area contributed by atoms with Gasteiger partial charge in [0.1, 0.15) is 5.70 Å². The number of nitrogens with one attached hydrogen (secondary N) is 1. The molecule has 0 atom stereocenters. The lowest BCUT2D eigenvalue weighted by atomic mass is 10.0. The van der Waals surface area contributed by atoms with Crippen molar-refractivity contribution in [2.75, 3.05) is 10.2 Å². The molecule has 1 aliphatic heterocycles. The fourth-order valence-corrected chi connectivity index (χ4v) is 3.87. The molecule has 0 bridgehead atoms. The van der Waals surface area contributed by atoms with Gasteiger partial charge in [0.25, 0.3) is 11.8 Å². The maximum absolute atomic E-state index is 13.5. The number of nitrogens with zero attached hydrogens (tertiary/aromatic N) is 1. The van der Waals surface area contributed by atoms with E-state index in [-0.39, 0.29) is 5.70 Å². The van der Waals surface area contributed by atoms with E-state index in [1.165, 1.54) is 0 Å². The molecule has 0 aromatic heterocycles. The van der Waals surface area contributed by atoms with E-state index < -0.39 is 11.8 Å². The number of imide groups is 1. The Morgan fingerprint density at radius 3 is 2.13 bits per heavy atom. The van der Waals surface area contributed by atoms with Crippen LogP contribution >= 0.6 is 23.2 Å². The second kappa shape index (κ2) is 8.22. The number of hydrogen-bond acceptors (Lipinski definition) is 3. The van der Waals surface area contributed by atoms with Crippen molar-refractivity contribution in [2.24, 2.45) is 0 Å². The highest BCUT2D eigenvalue weighted by molar-refractivity contribution is 6.46. The van der Waals surface area contributed by atoms with Gasteiger partial charge in [0, 0.05) is 15.7 Å². The molecule has 4 rings (SSSR count). The van der Waals surface area contributed by atoms with Crippen LogP contribution in [0.3, 0.4) is 0 Å². The summed E-state index contributed by atoms with van der Waals surface area (Å²) in [7, 11) is 0. The molecule has 3 aromatic rings. The van der Waals surface area contributed by atoms with Crippen molar-refractivity contribution in [3.63, 3.8) is 0 Å². The molecule has 0 fully saturated rings. The summed E-state index contributed by atoms with van der Waals surface area (Å²) in [4.78, 5) is 28.1. The van der Waals surface area contributed by atoms with Gasteiger partial charge in [-0.05, 0) is 67.8 Å². The number of carbonyl (C=O) groups is 2. The quantitative estimate of drug-likeness (QED) is 0.473. The molecule has 0 aliphatic carbocycles. The third-order valence-electron chi connectivity index (χ3n) is 5.27. The second-order valence-corrected chi connectivity index (χ2v) is 8.42. The maximum Gasteiger partial charge on any atom is 0.282 e. The van der Waals surface area contributed by atoms with Crippen LogP contribution in [0.2, 0.25) is 10.0 Å². The summed E-state index contributed by atoms with van der Waals surface area (Å²) in [6.45, 7) is 5.82. The van der Waals surface area contributed by atoms with E-state index >= 15 is 0 Å². The number of rotatable bonds is 4. The lowest BCUT2D eigenvalue weighted by Crippen LogP contribution is -2.32. The number of hydrogen-bond donors (Lipinski definition) is 1. The molecule has 0 radical (unpaired) electrons. The first-order chi connectivity index (χ1) is 14.8. The Hall–Kier alpha value is -3.08. The average molecular weight is 451 g/mol. The summed E-state index contributed by atoms with van der Waals surface area (Å²) in [5.41, 5.74) is 5.25. The fraction of sp³-hybridized carbons (Fsp3) is 0.120. The predicted molar refractivity (Wildman–Crippen MR) is 127 cm³/mol. The van der Waals surface area contributed by atoms with Crippen LogP contribution in [0.1, 0.15) is 22.3 Å². The lowest BCUT2D eigenvalue weighted by Gasteiger charge is -2.16. The van der Waals surface area contributed by atoms with Crippen LogP contribution in [0.25, 0.3) is 5.57 Å². The first kappa shape index (κ1) is 21.2. The molecule has 0 spiro atoms. The first-order valence-electron chi connectivity index (χ1n) is 9.75. The molecule has 0 saturated carbocycles. The van der Waals surface area contributed by atoms with Crippen LogP contribution in [0.4, 0.5) is 11.4 Å². The zero-order chi connectivity index (χ0) is 22.3. The van der Waals surface area contributed by atoms with Crippen molar-refractivity contribution in [2.45, 2.75) is 20.8 Å². The molecule has 3 aromatic carbocycles. The Balaban J connectivity index is 1.84. The van der Waals surface area contributed by atoms with E-state index in [4.69, 9.17) is 23.2 Å². The number of aryl methyl sites for hydroxylation is 3. The van der Waals surface area contributed by atoms with Crippen molar-refractivity contribution in [1.82, 2.24) is 0 Å². The molecular formula is C25H20Cl2N2O2. The van der Waals surface area contributed by atoms with E-state index in [9.17, 15) is 9.59 Å². The third-order valence-corrected chi connectivity index (χ3v) is 5.93. The van der Waals surface area contributed by atoms with Gasteiger partial charge in [0.05, 0.1) is 11.3 Å². The van der Waals surface area contributed by atoms with Crippen LogP contribution in [-0.2, 0) is 9.59 Å². The maximum atomic E-state index is 13.5. The molecule has 0 saturated heterocycles. The SMILES string of the molecule is Cc1ccc(NC2=C(c3ccc(Cl)cc3)C(=O)N(c3ccc(C)c(Cl)c3)C2=O)c(C)c1. The molecule has 31 heavy (non-hydrogen) atoms. The standard InChI is InChI=1S/C25H20Cl2N2O2/c1-14-4-11-21(16(3)12-14)28-23-22(17-6-8-18(26)9-7-17)24(30)29(25(23)31)19-10-5-15(2)20(27)13-19/h4-13,28H,1-3H3. The van der Waals surface area contributed by atoms with Crippen LogP contribution in [0.5, 0.6) is 0 Å². The van der Waals surface area contributed by atoms with E-state index in [0.29, 0.717) is 26.9 Å². The molecule has 2 amide bonds. The Kier molecular flexibility index (Phi) is 5.61. The molecule has 4 nitrogen and oxygen atoms in total. The number of anilines is 2. The highest BCUT2D eigenvalue weighted by Gasteiger charge is 2.40. The molecule has 1 N–H and O–H groups in total. The summed E-state index contributed by atoms with van der Waals surface area (Å²) in [6.07, 6.45) is 0. The smallest absolute Gasteiger partial charge is 0.282 e. The van der Waals surface area contributed by atoms with Crippen LogP contribution in [-0.4, -0.2) is 11.8 Å². The molecule has 1 heterocycles. The zero-order valence-electron chi connectivity index (χ0n) is 17.3. The van der Waals surface area contributed by atoms with Crippen molar-refractivity contribution in [1.29, 1.82) is 0 Å². The summed E-state index contributed by atoms with van der Waals surface area (Å²) >= 11 is 12.3. The van der Waals surface area contributed by atoms with Crippen LogP contribution in [0, 0.1) is 20.8 Å². The Labute approximate surface area is 191 Å². The normalized spacial score (nSPS) is 13.9. The van der Waals surface area contributed by atoms with Gasteiger partial charge in [-0.3, -0.25) is 9.59 Å². The number of halogens is 2. The van der Waals surface area contributed by atoms with Gasteiger partial charge >= 0.3 is 0 Å². The minimum atomic E-state index is -0.435. The number of carbonyl (C=O) groups excluding carboxylic acids is 2. The van der Waals surface area contributed by atoms with Crippen molar-refractivity contribution in [3.05, 3.63) is 98.7 Å². The molecule has 156 valence electrons. The second-order valence-electron chi connectivity index (χ2n) is 7.58. The Morgan fingerprint density at radius 1 is 0.774 bits per heavy atom. The van der Waals surface area contributed by atoms with Gasteiger partial charge in [-0.1, -0.05) is 59.1 Å². The van der Waals surface area contributed by atoms with Crippen LogP contribution in [0.15, 0.2) is 66.4 Å². The minimum absolute atomic E-state index is 0.218. The van der Waals surface area contributed by atoms with E-state index in [2.05, 4.69) is 5.32 Å². The Bertz CT molecular complexity index is 1250. The lowest BCUT2D eigenvalue weighted by molar-refractivity contribution is -0.120. The first-order valence-corrected chi connectivity index (χ1v) is 10.5. The zero-order valence-corrected chi connectivity index (χ0v) is 18.8. The van der Waals surface area contributed by atoms with Crippen molar-refractivity contribution >= 4 is 52.0 Å². The summed E-state index contributed by atoms with van der Waals surface area (Å²) in [5, 5.41) is 4.24. The highest BCUT2D eigenvalue weighted by atomic mass is 35.5. The van der Waals surface area contributed by atoms with Crippen molar-refractivity contribution < 1.29 is 9.59 Å². The molecular weight excluding hydrogens is 431 g/mol. The van der Waals surface area contributed by atoms with Gasteiger partial charge in [-0.2, -0.15) is 0 Å². The monoisotopic (exact) mass is 450 g/mol. The fourth-order valence-electron chi connectivity index (χ4n) is 3.57. The molecule has 0 unspecified atom stereocenters.